The Hall–Kier alpha value is -1.17. The molecule has 1 aromatic rings. The summed E-state index contributed by atoms with van der Waals surface area (Å²) in [5.74, 6) is 0.0978. The molecule has 118 valence electrons. The molecule has 0 saturated carbocycles. The highest BCUT2D eigenvalue weighted by molar-refractivity contribution is 8.18. The third-order valence-corrected chi connectivity index (χ3v) is 4.82. The minimum atomic E-state index is -0.285. The summed E-state index contributed by atoms with van der Waals surface area (Å²) < 4.78 is 5.08. The molecule has 2 rings (SSSR count). The van der Waals surface area contributed by atoms with Crippen LogP contribution in [0.2, 0.25) is 10.0 Å². The fraction of sp³-hybridized carbons (Fsp3) is 0.333. The second-order valence-corrected chi connectivity index (χ2v) is 6.63. The average molecular weight is 360 g/mol. The van der Waals surface area contributed by atoms with Crippen LogP contribution in [-0.2, 0) is 4.79 Å². The molecule has 0 unspecified atom stereocenters. The Morgan fingerprint density at radius 3 is 2.41 bits per heavy atom. The van der Waals surface area contributed by atoms with Crippen LogP contribution in [0, 0.1) is 0 Å². The molecule has 0 aromatic heterocycles. The van der Waals surface area contributed by atoms with E-state index in [1.54, 1.807) is 18.2 Å². The lowest BCUT2D eigenvalue weighted by Crippen LogP contribution is -2.36. The number of hydrogen-bond donors (Lipinski definition) is 0. The number of nitrogens with zero attached hydrogens (tertiary/aromatic N) is 1. The quantitative estimate of drug-likeness (QED) is 0.721. The molecule has 1 aliphatic heterocycles. The van der Waals surface area contributed by atoms with Crippen molar-refractivity contribution in [3.05, 3.63) is 32.6 Å². The van der Waals surface area contributed by atoms with Gasteiger partial charge in [-0.2, -0.15) is 0 Å². The van der Waals surface area contributed by atoms with Crippen molar-refractivity contribution in [3.63, 3.8) is 0 Å². The van der Waals surface area contributed by atoms with Gasteiger partial charge in [-0.25, -0.2) is 0 Å². The first-order valence-electron chi connectivity index (χ1n) is 6.69. The Labute approximate surface area is 143 Å². The second-order valence-electron chi connectivity index (χ2n) is 4.83. The number of carbonyl (C=O) groups excluding carboxylic acids is 2. The van der Waals surface area contributed by atoms with Crippen LogP contribution >= 0.6 is 35.0 Å². The largest absolute Gasteiger partial charge is 0.494 e. The lowest BCUT2D eigenvalue weighted by molar-refractivity contribution is -0.124. The van der Waals surface area contributed by atoms with Gasteiger partial charge in [0.15, 0.2) is 5.75 Å². The Kier molecular flexibility index (Phi) is 5.42. The normalized spacial score (nSPS) is 18.2. The summed E-state index contributed by atoms with van der Waals surface area (Å²) in [7, 11) is 1.48. The van der Waals surface area contributed by atoms with E-state index in [-0.39, 0.29) is 17.2 Å². The molecular weight excluding hydrogens is 345 g/mol. The van der Waals surface area contributed by atoms with Crippen molar-refractivity contribution < 1.29 is 14.3 Å². The van der Waals surface area contributed by atoms with Crippen LogP contribution in [0.25, 0.3) is 6.08 Å². The lowest BCUT2D eigenvalue weighted by Gasteiger charge is -2.19. The third kappa shape index (κ3) is 3.26. The van der Waals surface area contributed by atoms with Crippen molar-refractivity contribution in [2.75, 3.05) is 7.11 Å². The number of carbonyl (C=O) groups is 2. The van der Waals surface area contributed by atoms with Gasteiger partial charge in [-0.05, 0) is 48.9 Å². The number of benzene rings is 1. The predicted molar refractivity (Wildman–Crippen MR) is 90.6 cm³/mol. The fourth-order valence-electron chi connectivity index (χ4n) is 2.05. The topological polar surface area (TPSA) is 46.6 Å². The number of hydrogen-bond acceptors (Lipinski definition) is 4. The van der Waals surface area contributed by atoms with Crippen LogP contribution in [0.1, 0.15) is 25.8 Å². The molecule has 0 bridgehead atoms. The minimum absolute atomic E-state index is 0.124. The smallest absolute Gasteiger partial charge is 0.293 e. The Morgan fingerprint density at radius 2 is 1.91 bits per heavy atom. The van der Waals surface area contributed by atoms with Gasteiger partial charge in [-0.3, -0.25) is 14.5 Å². The molecule has 2 amide bonds. The molecule has 1 saturated heterocycles. The van der Waals surface area contributed by atoms with Gasteiger partial charge in [-0.15, -0.1) is 0 Å². The molecule has 0 aliphatic carbocycles. The summed E-state index contributed by atoms with van der Waals surface area (Å²) in [4.78, 5) is 26.0. The van der Waals surface area contributed by atoms with Gasteiger partial charge in [0, 0.05) is 6.04 Å². The maximum Gasteiger partial charge on any atom is 0.293 e. The summed E-state index contributed by atoms with van der Waals surface area (Å²) in [6.07, 6.45) is 2.33. The molecule has 1 fully saturated rings. The molecule has 1 aromatic carbocycles. The summed E-state index contributed by atoms with van der Waals surface area (Å²) in [5.41, 5.74) is 0.644. The van der Waals surface area contributed by atoms with Crippen LogP contribution in [0.5, 0.6) is 5.75 Å². The molecule has 1 heterocycles. The molecule has 1 atom stereocenters. The van der Waals surface area contributed by atoms with Crippen LogP contribution in [-0.4, -0.2) is 29.2 Å². The van der Waals surface area contributed by atoms with E-state index in [0.717, 1.165) is 11.8 Å². The molecule has 0 spiro atoms. The third-order valence-electron chi connectivity index (χ3n) is 3.38. The number of imide groups is 1. The molecular formula is C15H15Cl2NO3S. The minimum Gasteiger partial charge on any atom is -0.494 e. The van der Waals surface area contributed by atoms with E-state index in [2.05, 4.69) is 0 Å². The lowest BCUT2D eigenvalue weighted by atomic mass is 10.2. The number of halogens is 2. The zero-order valence-corrected chi connectivity index (χ0v) is 14.7. The Morgan fingerprint density at radius 1 is 1.32 bits per heavy atom. The van der Waals surface area contributed by atoms with Crippen LogP contribution < -0.4 is 4.74 Å². The van der Waals surface area contributed by atoms with Crippen LogP contribution in [0.3, 0.4) is 0 Å². The van der Waals surface area contributed by atoms with E-state index in [1.807, 2.05) is 13.8 Å². The summed E-state index contributed by atoms with van der Waals surface area (Å²) in [6, 6.07) is 3.16. The monoisotopic (exact) mass is 359 g/mol. The number of methoxy groups -OCH3 is 1. The zero-order chi connectivity index (χ0) is 16.4. The van der Waals surface area contributed by atoms with Crippen LogP contribution in [0.15, 0.2) is 17.0 Å². The van der Waals surface area contributed by atoms with Gasteiger partial charge >= 0.3 is 0 Å². The summed E-state index contributed by atoms with van der Waals surface area (Å²) >= 11 is 13.1. The molecule has 0 N–H and O–H groups in total. The highest BCUT2D eigenvalue weighted by atomic mass is 35.5. The van der Waals surface area contributed by atoms with Crippen molar-refractivity contribution in [1.82, 2.24) is 4.90 Å². The number of rotatable bonds is 4. The van der Waals surface area contributed by atoms with E-state index in [0.29, 0.717) is 32.7 Å². The van der Waals surface area contributed by atoms with Crippen molar-refractivity contribution in [3.8, 4) is 5.75 Å². The van der Waals surface area contributed by atoms with Crippen molar-refractivity contribution in [2.24, 2.45) is 0 Å². The summed E-state index contributed by atoms with van der Waals surface area (Å²) in [5, 5.41) is 0.445. The first-order valence-corrected chi connectivity index (χ1v) is 8.26. The molecule has 4 nitrogen and oxygen atoms in total. The van der Waals surface area contributed by atoms with E-state index in [9.17, 15) is 9.59 Å². The maximum atomic E-state index is 12.3. The van der Waals surface area contributed by atoms with Gasteiger partial charge in [0.2, 0.25) is 0 Å². The van der Waals surface area contributed by atoms with Crippen molar-refractivity contribution in [1.29, 1.82) is 0 Å². The molecule has 22 heavy (non-hydrogen) atoms. The highest BCUT2D eigenvalue weighted by Gasteiger charge is 2.37. The van der Waals surface area contributed by atoms with Crippen molar-refractivity contribution in [2.45, 2.75) is 26.3 Å². The number of amides is 2. The van der Waals surface area contributed by atoms with E-state index < -0.39 is 0 Å². The zero-order valence-electron chi connectivity index (χ0n) is 12.4. The first kappa shape index (κ1) is 17.2. The maximum absolute atomic E-state index is 12.3. The second kappa shape index (κ2) is 6.94. The van der Waals surface area contributed by atoms with Gasteiger partial charge in [0.05, 0.1) is 22.1 Å². The van der Waals surface area contributed by atoms with Crippen molar-refractivity contribution >= 4 is 52.2 Å². The van der Waals surface area contributed by atoms with Gasteiger partial charge in [0.1, 0.15) is 0 Å². The van der Waals surface area contributed by atoms with E-state index in [4.69, 9.17) is 27.9 Å². The SMILES string of the molecule is CC[C@H](C)N1C(=O)S/C(=C/c2cc(Cl)c(OC)c(Cl)c2)C1=O. The van der Waals surface area contributed by atoms with Crippen LogP contribution in [0.4, 0.5) is 4.79 Å². The Bertz CT molecular complexity index is 637. The molecule has 0 radical (unpaired) electrons. The predicted octanol–water partition coefficient (Wildman–Crippen LogP) is 4.84. The van der Waals surface area contributed by atoms with E-state index >= 15 is 0 Å². The number of ether oxygens (including phenoxy) is 1. The molecule has 1 aliphatic rings. The number of thioether (sulfide) groups is 1. The first-order chi connectivity index (χ1) is 10.4. The fourth-order valence-corrected chi connectivity index (χ4v) is 3.64. The molecule has 7 heteroatoms. The average Bonchev–Trinajstić information content (AvgIpc) is 2.72. The standard InChI is InChI=1S/C15H15Cl2NO3S/c1-4-8(2)18-14(19)12(22-15(18)20)7-9-5-10(16)13(21-3)11(17)6-9/h5-8H,4H2,1-3H3/b12-7+/t8-/m0/s1. The Balaban J connectivity index is 2.35. The van der Waals surface area contributed by atoms with E-state index in [1.165, 1.54) is 12.0 Å². The van der Waals surface area contributed by atoms with Gasteiger partial charge in [-0.1, -0.05) is 30.1 Å². The van der Waals surface area contributed by atoms with Gasteiger partial charge in [0.25, 0.3) is 11.1 Å². The van der Waals surface area contributed by atoms with Gasteiger partial charge < -0.3 is 4.74 Å². The summed E-state index contributed by atoms with van der Waals surface area (Å²) in [6.45, 7) is 3.78. The highest BCUT2D eigenvalue weighted by Crippen LogP contribution is 2.37.